The van der Waals surface area contributed by atoms with Crippen LogP contribution < -0.4 is 10.9 Å². The van der Waals surface area contributed by atoms with Gasteiger partial charge in [0.05, 0.1) is 10.5 Å². The number of fused-ring (bicyclic) bond motifs is 1. The van der Waals surface area contributed by atoms with E-state index in [1.807, 2.05) is 0 Å². The van der Waals surface area contributed by atoms with E-state index in [4.69, 9.17) is 16.7 Å². The Labute approximate surface area is 169 Å². The number of aliphatic hydroxyl groups is 1. The van der Waals surface area contributed by atoms with Gasteiger partial charge in [0.25, 0.3) is 5.56 Å². The summed E-state index contributed by atoms with van der Waals surface area (Å²) < 4.78 is 15.3. The van der Waals surface area contributed by atoms with Crippen LogP contribution in [0.15, 0.2) is 47.4 Å². The van der Waals surface area contributed by atoms with Gasteiger partial charge in [-0.05, 0) is 34.9 Å². The van der Waals surface area contributed by atoms with Crippen LogP contribution in [-0.2, 0) is 17.8 Å². The number of hydrogen-bond donors (Lipinski definition) is 3. The lowest BCUT2D eigenvalue weighted by molar-refractivity contribution is -0.123. The highest BCUT2D eigenvalue weighted by Crippen LogP contribution is 2.21. The quantitative estimate of drug-likeness (QED) is 0.567. The summed E-state index contributed by atoms with van der Waals surface area (Å²) in [6, 6.07) is 9.06. The number of amides is 1. The van der Waals surface area contributed by atoms with Crippen molar-refractivity contribution in [3.63, 3.8) is 0 Å². The van der Waals surface area contributed by atoms with Crippen LogP contribution in [0.1, 0.15) is 27.0 Å². The molecule has 0 aliphatic rings. The lowest BCUT2D eigenvalue weighted by Crippen LogP contribution is -2.28. The molecule has 0 saturated heterocycles. The van der Waals surface area contributed by atoms with E-state index in [9.17, 15) is 23.9 Å². The summed E-state index contributed by atoms with van der Waals surface area (Å²) in [7, 11) is 0. The molecule has 2 heterocycles. The maximum atomic E-state index is 14.2. The molecular weight excluding hydrogens is 403 g/mol. The van der Waals surface area contributed by atoms with Gasteiger partial charge in [0.15, 0.2) is 0 Å². The van der Waals surface area contributed by atoms with E-state index in [1.165, 1.54) is 18.3 Å². The van der Waals surface area contributed by atoms with Crippen molar-refractivity contribution < 1.29 is 24.2 Å². The van der Waals surface area contributed by atoms with Gasteiger partial charge in [-0.15, -0.1) is 0 Å². The van der Waals surface area contributed by atoms with Gasteiger partial charge >= 0.3 is 5.97 Å². The number of pyridine rings is 2. The molecule has 2 aromatic heterocycles. The van der Waals surface area contributed by atoms with Crippen molar-refractivity contribution in [1.29, 1.82) is 0 Å². The molecule has 0 aliphatic heterocycles. The molecule has 3 N–H and O–H groups in total. The van der Waals surface area contributed by atoms with Gasteiger partial charge < -0.3 is 15.5 Å². The second-order valence-corrected chi connectivity index (χ2v) is 6.72. The smallest absolute Gasteiger partial charge is 0.341 e. The number of rotatable bonds is 6. The Balaban J connectivity index is 2.09. The van der Waals surface area contributed by atoms with Crippen LogP contribution in [-0.4, -0.2) is 33.1 Å². The first-order valence-electron chi connectivity index (χ1n) is 8.52. The summed E-state index contributed by atoms with van der Waals surface area (Å²) in [5.41, 5.74) is 0.432. The van der Waals surface area contributed by atoms with Crippen molar-refractivity contribution >= 4 is 29.0 Å². The third kappa shape index (κ3) is 4.28. The molecular formula is C20H16ClFN2O5. The number of carbonyl (C=O) groups excluding carboxylic acids is 1. The van der Waals surface area contributed by atoms with Crippen LogP contribution in [0.25, 0.3) is 5.52 Å². The number of benzene rings is 1. The third-order valence-corrected chi connectivity index (χ3v) is 4.67. The lowest BCUT2D eigenvalue weighted by atomic mass is 10.0. The number of carboxylic acid groups (broad SMARTS) is 1. The standard InChI is InChI=1S/C20H16ClFN2O5/c21-15-3-1-2-12(18(15)22)6-11-4-5-16-13(8-23-17(26)10-25)7-14(20(28)29)19(27)24(16)9-11/h1-5,7,9,25H,6,8,10H2,(H,23,26)(H,28,29). The number of hydrogen-bond acceptors (Lipinski definition) is 4. The molecule has 0 aliphatic carbocycles. The fraction of sp³-hybridized carbons (Fsp3) is 0.150. The van der Waals surface area contributed by atoms with Crippen molar-refractivity contribution in [2.24, 2.45) is 0 Å². The molecule has 9 heteroatoms. The van der Waals surface area contributed by atoms with Gasteiger partial charge in [-0.25, -0.2) is 9.18 Å². The van der Waals surface area contributed by atoms with E-state index in [-0.39, 0.29) is 18.0 Å². The molecule has 0 bridgehead atoms. The zero-order chi connectivity index (χ0) is 21.1. The summed E-state index contributed by atoms with van der Waals surface area (Å²) in [6.07, 6.45) is 1.57. The third-order valence-electron chi connectivity index (χ3n) is 4.38. The summed E-state index contributed by atoms with van der Waals surface area (Å²) in [5.74, 6) is -2.61. The summed E-state index contributed by atoms with van der Waals surface area (Å²) in [6.45, 7) is -0.794. The van der Waals surface area contributed by atoms with E-state index in [2.05, 4.69) is 5.32 Å². The Hall–Kier alpha value is -3.23. The van der Waals surface area contributed by atoms with Gasteiger partial charge in [0, 0.05) is 19.2 Å². The fourth-order valence-corrected chi connectivity index (χ4v) is 3.16. The van der Waals surface area contributed by atoms with Gasteiger partial charge in [-0.1, -0.05) is 29.8 Å². The largest absolute Gasteiger partial charge is 0.477 e. The Morgan fingerprint density at radius 1 is 1.17 bits per heavy atom. The van der Waals surface area contributed by atoms with Gasteiger partial charge in [0.1, 0.15) is 18.0 Å². The number of carbonyl (C=O) groups is 2. The highest BCUT2D eigenvalue weighted by atomic mass is 35.5. The van der Waals surface area contributed by atoms with E-state index in [0.29, 0.717) is 22.2 Å². The van der Waals surface area contributed by atoms with Crippen molar-refractivity contribution in [3.05, 3.63) is 86.0 Å². The van der Waals surface area contributed by atoms with E-state index >= 15 is 0 Å². The molecule has 3 rings (SSSR count). The first-order valence-corrected chi connectivity index (χ1v) is 8.90. The average molecular weight is 419 g/mol. The second-order valence-electron chi connectivity index (χ2n) is 6.31. The highest BCUT2D eigenvalue weighted by Gasteiger charge is 2.16. The Bertz CT molecular complexity index is 1180. The highest BCUT2D eigenvalue weighted by molar-refractivity contribution is 6.30. The van der Waals surface area contributed by atoms with E-state index < -0.39 is 35.4 Å². The van der Waals surface area contributed by atoms with Crippen LogP contribution in [0.3, 0.4) is 0 Å². The van der Waals surface area contributed by atoms with Crippen molar-refractivity contribution in [3.8, 4) is 0 Å². The number of nitrogens with zero attached hydrogens (tertiary/aromatic N) is 1. The maximum absolute atomic E-state index is 14.2. The minimum absolute atomic E-state index is 0.0180. The molecule has 3 aromatic rings. The van der Waals surface area contributed by atoms with Crippen LogP contribution in [0.4, 0.5) is 4.39 Å². The molecule has 0 spiro atoms. The predicted octanol–water partition coefficient (Wildman–Crippen LogP) is 1.99. The number of carboxylic acids is 1. The number of halogens is 2. The lowest BCUT2D eigenvalue weighted by Gasteiger charge is -2.12. The van der Waals surface area contributed by atoms with Crippen LogP contribution >= 0.6 is 11.6 Å². The Morgan fingerprint density at radius 3 is 2.62 bits per heavy atom. The summed E-state index contributed by atoms with van der Waals surface area (Å²) in [5, 5.41) is 20.6. The van der Waals surface area contributed by atoms with Gasteiger partial charge in [-0.3, -0.25) is 14.0 Å². The number of aromatic nitrogens is 1. The first kappa shape index (κ1) is 20.5. The minimum atomic E-state index is -1.41. The molecule has 0 saturated carbocycles. The number of nitrogens with one attached hydrogen (secondary N) is 1. The number of aromatic carboxylic acids is 1. The molecule has 0 atom stereocenters. The van der Waals surface area contributed by atoms with Crippen molar-refractivity contribution in [1.82, 2.24) is 9.72 Å². The van der Waals surface area contributed by atoms with E-state index in [1.54, 1.807) is 24.3 Å². The zero-order valence-corrected chi connectivity index (χ0v) is 15.7. The fourth-order valence-electron chi connectivity index (χ4n) is 2.97. The monoisotopic (exact) mass is 418 g/mol. The normalized spacial score (nSPS) is 10.9. The van der Waals surface area contributed by atoms with Gasteiger partial charge in [0.2, 0.25) is 5.91 Å². The predicted molar refractivity (Wildman–Crippen MR) is 104 cm³/mol. The number of aliphatic hydroxyl groups excluding tert-OH is 1. The SMILES string of the molecule is O=C(CO)NCc1cc(C(=O)O)c(=O)n2cc(Cc3cccc(Cl)c3F)ccc12. The molecule has 1 amide bonds. The first-order chi connectivity index (χ1) is 13.8. The van der Waals surface area contributed by atoms with Crippen molar-refractivity contribution in [2.45, 2.75) is 13.0 Å². The van der Waals surface area contributed by atoms with Crippen molar-refractivity contribution in [2.75, 3.05) is 6.61 Å². The van der Waals surface area contributed by atoms with E-state index in [0.717, 1.165) is 4.40 Å². The molecule has 0 unspecified atom stereocenters. The summed E-state index contributed by atoms with van der Waals surface area (Å²) in [4.78, 5) is 35.4. The molecule has 1 aromatic carbocycles. The maximum Gasteiger partial charge on any atom is 0.341 e. The molecule has 150 valence electrons. The molecule has 0 fully saturated rings. The molecule has 0 radical (unpaired) electrons. The minimum Gasteiger partial charge on any atom is -0.477 e. The van der Waals surface area contributed by atoms with Crippen LogP contribution in [0.5, 0.6) is 0 Å². The second kappa shape index (κ2) is 8.42. The van der Waals surface area contributed by atoms with Gasteiger partial charge in [-0.2, -0.15) is 0 Å². The topological polar surface area (TPSA) is 108 Å². The Morgan fingerprint density at radius 2 is 1.93 bits per heavy atom. The van der Waals surface area contributed by atoms with Crippen LogP contribution in [0.2, 0.25) is 5.02 Å². The molecule has 29 heavy (non-hydrogen) atoms. The summed E-state index contributed by atoms with van der Waals surface area (Å²) >= 11 is 5.80. The average Bonchev–Trinajstić information content (AvgIpc) is 2.70. The van der Waals surface area contributed by atoms with Crippen LogP contribution in [0, 0.1) is 5.82 Å². The molecule has 7 nitrogen and oxygen atoms in total. The zero-order valence-electron chi connectivity index (χ0n) is 15.0. The Kier molecular flexibility index (Phi) is 5.95.